The number of aliphatic hydroxyl groups excluding tert-OH is 1. The summed E-state index contributed by atoms with van der Waals surface area (Å²) in [6.45, 7) is 2.09. The van der Waals surface area contributed by atoms with Crippen LogP contribution in [0.25, 0.3) is 0 Å². The van der Waals surface area contributed by atoms with E-state index in [4.69, 9.17) is 9.84 Å². The van der Waals surface area contributed by atoms with Crippen molar-refractivity contribution in [1.29, 1.82) is 0 Å². The lowest BCUT2D eigenvalue weighted by Gasteiger charge is -2.34. The van der Waals surface area contributed by atoms with Crippen molar-refractivity contribution in [2.24, 2.45) is 5.92 Å². The average Bonchev–Trinajstić information content (AvgIpc) is 2.78. The van der Waals surface area contributed by atoms with Crippen molar-refractivity contribution < 1.29 is 9.84 Å². The molecule has 0 bridgehead atoms. The second-order valence-corrected chi connectivity index (χ2v) is 5.31. The van der Waals surface area contributed by atoms with Crippen LogP contribution >= 0.6 is 0 Å². The summed E-state index contributed by atoms with van der Waals surface area (Å²) >= 11 is 0. The van der Waals surface area contributed by atoms with E-state index in [9.17, 15) is 0 Å². The number of hydrogen-bond acceptors (Lipinski definition) is 3. The first-order chi connectivity index (χ1) is 8.36. The van der Waals surface area contributed by atoms with Crippen LogP contribution in [0.5, 0.6) is 0 Å². The molecule has 2 fully saturated rings. The lowest BCUT2D eigenvalue weighted by Crippen LogP contribution is -2.29. The highest BCUT2D eigenvalue weighted by Gasteiger charge is 2.30. The number of aromatic nitrogens is 2. The molecule has 2 aliphatic rings. The Morgan fingerprint density at radius 1 is 1.35 bits per heavy atom. The Bertz CT molecular complexity index is 365. The van der Waals surface area contributed by atoms with Crippen LogP contribution in [0.2, 0.25) is 0 Å². The summed E-state index contributed by atoms with van der Waals surface area (Å²) in [5, 5.41) is 13.5. The monoisotopic (exact) mass is 236 g/mol. The third kappa shape index (κ3) is 2.24. The summed E-state index contributed by atoms with van der Waals surface area (Å²) < 4.78 is 7.48. The van der Waals surface area contributed by atoms with Crippen molar-refractivity contribution in [2.75, 3.05) is 19.8 Å². The lowest BCUT2D eigenvalue weighted by molar-refractivity contribution is 0.0851. The maximum absolute atomic E-state index is 9.02. The van der Waals surface area contributed by atoms with Crippen LogP contribution < -0.4 is 0 Å². The topological polar surface area (TPSA) is 47.3 Å². The van der Waals surface area contributed by atoms with Crippen LogP contribution in [-0.4, -0.2) is 34.7 Å². The Morgan fingerprint density at radius 2 is 2.12 bits per heavy atom. The van der Waals surface area contributed by atoms with Crippen LogP contribution in [0, 0.1) is 5.92 Å². The molecule has 1 saturated heterocycles. The normalized spacial score (nSPS) is 30.2. The van der Waals surface area contributed by atoms with Crippen molar-refractivity contribution in [3.63, 3.8) is 0 Å². The minimum Gasteiger partial charge on any atom is -0.396 e. The van der Waals surface area contributed by atoms with Gasteiger partial charge in [0.05, 0.1) is 12.2 Å². The zero-order valence-corrected chi connectivity index (χ0v) is 10.1. The van der Waals surface area contributed by atoms with Gasteiger partial charge in [-0.3, -0.25) is 4.68 Å². The van der Waals surface area contributed by atoms with Crippen molar-refractivity contribution in [3.05, 3.63) is 18.0 Å². The van der Waals surface area contributed by atoms with Gasteiger partial charge >= 0.3 is 0 Å². The largest absolute Gasteiger partial charge is 0.396 e. The SMILES string of the molecule is OCC1CC(n2cc(C3CCOCC3)cn2)C1. The molecule has 0 radical (unpaired) electrons. The van der Waals surface area contributed by atoms with Gasteiger partial charge in [-0.2, -0.15) is 5.10 Å². The highest BCUT2D eigenvalue weighted by molar-refractivity contribution is 5.12. The van der Waals surface area contributed by atoms with Crippen molar-refractivity contribution >= 4 is 0 Å². The molecule has 0 aromatic carbocycles. The van der Waals surface area contributed by atoms with Gasteiger partial charge in [-0.1, -0.05) is 0 Å². The third-order valence-corrected chi connectivity index (χ3v) is 4.16. The fourth-order valence-corrected chi connectivity index (χ4v) is 2.86. The molecule has 3 rings (SSSR count). The second kappa shape index (κ2) is 4.78. The van der Waals surface area contributed by atoms with E-state index in [2.05, 4.69) is 16.0 Å². The fraction of sp³-hybridized carbons (Fsp3) is 0.769. The van der Waals surface area contributed by atoms with E-state index in [1.165, 1.54) is 5.56 Å². The smallest absolute Gasteiger partial charge is 0.0526 e. The molecular weight excluding hydrogens is 216 g/mol. The third-order valence-electron chi connectivity index (χ3n) is 4.16. The van der Waals surface area contributed by atoms with E-state index in [-0.39, 0.29) is 0 Å². The zero-order chi connectivity index (χ0) is 11.7. The minimum atomic E-state index is 0.324. The quantitative estimate of drug-likeness (QED) is 0.869. The predicted octanol–water partition coefficient (Wildman–Crippen LogP) is 1.72. The van der Waals surface area contributed by atoms with Crippen LogP contribution in [0.15, 0.2) is 12.4 Å². The number of rotatable bonds is 3. The Balaban J connectivity index is 1.62. The van der Waals surface area contributed by atoms with E-state index in [0.29, 0.717) is 24.5 Å². The molecule has 94 valence electrons. The van der Waals surface area contributed by atoms with Gasteiger partial charge < -0.3 is 9.84 Å². The fourth-order valence-electron chi connectivity index (χ4n) is 2.86. The standard InChI is InChI=1S/C13H20N2O2/c16-9-10-5-13(6-10)15-8-12(7-14-15)11-1-3-17-4-2-11/h7-8,10-11,13,16H,1-6,9H2. The van der Waals surface area contributed by atoms with Crippen molar-refractivity contribution in [1.82, 2.24) is 9.78 Å². The van der Waals surface area contributed by atoms with E-state index >= 15 is 0 Å². The number of aliphatic hydroxyl groups is 1. The maximum Gasteiger partial charge on any atom is 0.0526 e. The Hall–Kier alpha value is -0.870. The highest BCUT2D eigenvalue weighted by atomic mass is 16.5. The molecule has 1 saturated carbocycles. The van der Waals surface area contributed by atoms with Gasteiger partial charge in [0.2, 0.25) is 0 Å². The van der Waals surface area contributed by atoms with Gasteiger partial charge in [-0.05, 0) is 43.1 Å². The minimum absolute atomic E-state index is 0.324. The molecule has 0 spiro atoms. The predicted molar refractivity (Wildman–Crippen MR) is 63.9 cm³/mol. The first-order valence-electron chi connectivity index (χ1n) is 6.59. The van der Waals surface area contributed by atoms with E-state index < -0.39 is 0 Å². The van der Waals surface area contributed by atoms with Crippen LogP contribution in [0.1, 0.15) is 43.2 Å². The summed E-state index contributed by atoms with van der Waals surface area (Å²) in [5.74, 6) is 1.13. The van der Waals surface area contributed by atoms with Gasteiger partial charge in [-0.15, -0.1) is 0 Å². The maximum atomic E-state index is 9.02. The zero-order valence-electron chi connectivity index (χ0n) is 10.1. The molecule has 1 aromatic heterocycles. The van der Waals surface area contributed by atoms with Crippen LogP contribution in [-0.2, 0) is 4.74 Å². The lowest BCUT2D eigenvalue weighted by atomic mass is 9.81. The molecule has 1 aromatic rings. The summed E-state index contributed by atoms with van der Waals surface area (Å²) in [6, 6.07) is 0.515. The molecule has 0 unspecified atom stereocenters. The van der Waals surface area contributed by atoms with E-state index in [0.717, 1.165) is 38.9 Å². The van der Waals surface area contributed by atoms with Crippen molar-refractivity contribution in [3.8, 4) is 0 Å². The van der Waals surface area contributed by atoms with Crippen molar-refractivity contribution in [2.45, 2.75) is 37.6 Å². The summed E-state index contributed by atoms with van der Waals surface area (Å²) in [6.07, 6.45) is 8.61. The summed E-state index contributed by atoms with van der Waals surface area (Å²) in [7, 11) is 0. The first kappa shape index (κ1) is 11.2. The first-order valence-corrected chi connectivity index (χ1v) is 6.59. The second-order valence-electron chi connectivity index (χ2n) is 5.31. The van der Waals surface area contributed by atoms with Crippen LogP contribution in [0.4, 0.5) is 0 Å². The molecule has 1 aliphatic heterocycles. The molecule has 4 nitrogen and oxygen atoms in total. The molecule has 2 heterocycles. The molecule has 1 N–H and O–H groups in total. The molecule has 17 heavy (non-hydrogen) atoms. The number of ether oxygens (including phenoxy) is 1. The van der Waals surface area contributed by atoms with Gasteiger partial charge in [0, 0.05) is 26.0 Å². The number of hydrogen-bond donors (Lipinski definition) is 1. The van der Waals surface area contributed by atoms with Gasteiger partial charge in [0.1, 0.15) is 0 Å². The Morgan fingerprint density at radius 3 is 2.82 bits per heavy atom. The molecular formula is C13H20N2O2. The molecule has 4 heteroatoms. The Labute approximate surface area is 102 Å². The molecule has 1 aliphatic carbocycles. The summed E-state index contributed by atoms with van der Waals surface area (Å²) in [5.41, 5.74) is 1.36. The van der Waals surface area contributed by atoms with E-state index in [1.807, 2.05) is 6.20 Å². The highest BCUT2D eigenvalue weighted by Crippen LogP contribution is 2.37. The van der Waals surface area contributed by atoms with Crippen LogP contribution in [0.3, 0.4) is 0 Å². The number of nitrogens with zero attached hydrogens (tertiary/aromatic N) is 2. The molecule has 0 atom stereocenters. The average molecular weight is 236 g/mol. The van der Waals surface area contributed by atoms with Gasteiger partial charge in [0.15, 0.2) is 0 Å². The summed E-state index contributed by atoms with van der Waals surface area (Å²) in [4.78, 5) is 0. The molecule has 0 amide bonds. The Kier molecular flexibility index (Phi) is 3.16. The van der Waals surface area contributed by atoms with E-state index in [1.54, 1.807) is 0 Å². The van der Waals surface area contributed by atoms with Gasteiger partial charge in [-0.25, -0.2) is 0 Å². The van der Waals surface area contributed by atoms with Gasteiger partial charge in [0.25, 0.3) is 0 Å².